The Morgan fingerprint density at radius 2 is 2.17 bits per heavy atom. The van der Waals surface area contributed by atoms with Crippen molar-refractivity contribution in [3.05, 3.63) is 57.9 Å². The van der Waals surface area contributed by atoms with Crippen LogP contribution in [0.1, 0.15) is 5.56 Å². The van der Waals surface area contributed by atoms with Gasteiger partial charge in [-0.1, -0.05) is 6.07 Å². The summed E-state index contributed by atoms with van der Waals surface area (Å²) >= 11 is 0. The van der Waals surface area contributed by atoms with Crippen molar-refractivity contribution in [1.29, 1.82) is 0 Å². The van der Waals surface area contributed by atoms with Crippen molar-refractivity contribution in [3.63, 3.8) is 0 Å². The van der Waals surface area contributed by atoms with Crippen molar-refractivity contribution in [2.45, 2.75) is 19.2 Å². The molecule has 0 amide bonds. The molecule has 1 atom stereocenters. The van der Waals surface area contributed by atoms with Crippen molar-refractivity contribution in [2.75, 3.05) is 13.6 Å². The van der Waals surface area contributed by atoms with E-state index in [-0.39, 0.29) is 18.8 Å². The monoisotopic (exact) mass is 326 g/mol. The van der Waals surface area contributed by atoms with Crippen molar-refractivity contribution in [2.24, 2.45) is 0 Å². The smallest absolute Gasteiger partial charge is 0.306 e. The van der Waals surface area contributed by atoms with Gasteiger partial charge in [0.2, 0.25) is 0 Å². The van der Waals surface area contributed by atoms with Crippen LogP contribution in [0.2, 0.25) is 0 Å². The highest BCUT2D eigenvalue weighted by atomic mass is 19.2. The summed E-state index contributed by atoms with van der Waals surface area (Å²) in [5, 5.41) is 24.3. The predicted molar refractivity (Wildman–Crippen MR) is 77.6 cm³/mol. The molecule has 0 bridgehead atoms. The molecule has 0 spiro atoms. The largest absolute Gasteiger partial charge is 0.390 e. The fraction of sp³-hybridized carbons (Fsp3) is 0.357. The number of aromatic nitrogens is 2. The lowest BCUT2D eigenvalue weighted by Gasteiger charge is -2.20. The predicted octanol–water partition coefficient (Wildman–Crippen LogP) is 1.56. The summed E-state index contributed by atoms with van der Waals surface area (Å²) < 4.78 is 27.3. The molecule has 1 N–H and O–H groups in total. The molecular weight excluding hydrogens is 310 g/mol. The minimum absolute atomic E-state index is 0.0932. The molecule has 0 saturated heterocycles. The maximum Gasteiger partial charge on any atom is 0.306 e. The minimum Gasteiger partial charge on any atom is -0.390 e. The van der Waals surface area contributed by atoms with Gasteiger partial charge in [0.1, 0.15) is 12.4 Å². The molecule has 1 heterocycles. The number of hydrogen-bond acceptors (Lipinski definition) is 5. The molecule has 2 rings (SSSR count). The first-order chi connectivity index (χ1) is 10.8. The second-order valence-electron chi connectivity index (χ2n) is 5.28. The maximum atomic E-state index is 13.1. The summed E-state index contributed by atoms with van der Waals surface area (Å²) in [5.74, 6) is -1.82. The third kappa shape index (κ3) is 4.80. The van der Waals surface area contributed by atoms with Crippen LogP contribution in [0.15, 0.2) is 30.6 Å². The van der Waals surface area contributed by atoms with Crippen LogP contribution in [0, 0.1) is 21.7 Å². The van der Waals surface area contributed by atoms with Gasteiger partial charge >= 0.3 is 5.69 Å². The highest BCUT2D eigenvalue weighted by Crippen LogP contribution is 2.11. The Morgan fingerprint density at radius 3 is 2.78 bits per heavy atom. The van der Waals surface area contributed by atoms with Gasteiger partial charge in [0.05, 0.1) is 17.6 Å². The Morgan fingerprint density at radius 1 is 1.43 bits per heavy atom. The highest BCUT2D eigenvalue weighted by molar-refractivity contribution is 5.20. The number of rotatable bonds is 7. The first-order valence-electron chi connectivity index (χ1n) is 6.82. The third-order valence-corrected chi connectivity index (χ3v) is 3.19. The number of aliphatic hydroxyl groups is 1. The average Bonchev–Trinajstić information content (AvgIpc) is 2.91. The number of benzene rings is 1. The van der Waals surface area contributed by atoms with E-state index in [2.05, 4.69) is 5.10 Å². The summed E-state index contributed by atoms with van der Waals surface area (Å²) in [6.45, 7) is 0.663. The first-order valence-corrected chi connectivity index (χ1v) is 6.82. The van der Waals surface area contributed by atoms with Crippen LogP contribution in [0.5, 0.6) is 0 Å². The van der Waals surface area contributed by atoms with Gasteiger partial charge in [-0.25, -0.2) is 8.78 Å². The summed E-state index contributed by atoms with van der Waals surface area (Å²) in [6.07, 6.45) is 1.53. The van der Waals surface area contributed by atoms with E-state index in [1.54, 1.807) is 11.9 Å². The lowest BCUT2D eigenvalue weighted by molar-refractivity contribution is -0.385. The number of likely N-dealkylation sites (N-methyl/N-ethyl adjacent to an activating group) is 1. The molecule has 23 heavy (non-hydrogen) atoms. The molecule has 124 valence electrons. The van der Waals surface area contributed by atoms with Crippen LogP contribution in [0.25, 0.3) is 0 Å². The number of aliphatic hydroxyl groups excluding tert-OH is 1. The lowest BCUT2D eigenvalue weighted by atomic mass is 10.2. The van der Waals surface area contributed by atoms with E-state index in [0.717, 1.165) is 18.3 Å². The van der Waals surface area contributed by atoms with E-state index in [0.29, 0.717) is 12.1 Å². The van der Waals surface area contributed by atoms with Crippen LogP contribution in [0.4, 0.5) is 14.5 Å². The van der Waals surface area contributed by atoms with Crippen LogP contribution < -0.4 is 0 Å². The molecule has 1 aromatic carbocycles. The van der Waals surface area contributed by atoms with E-state index >= 15 is 0 Å². The molecule has 9 heteroatoms. The second kappa shape index (κ2) is 7.25. The zero-order chi connectivity index (χ0) is 17.0. The maximum absolute atomic E-state index is 13.1. The number of hydrogen-bond donors (Lipinski definition) is 1. The Labute approximate surface area is 130 Å². The molecule has 0 aliphatic heterocycles. The van der Waals surface area contributed by atoms with Gasteiger partial charge in [0, 0.05) is 13.1 Å². The Bertz CT molecular complexity index is 692. The fourth-order valence-electron chi connectivity index (χ4n) is 2.19. The van der Waals surface area contributed by atoms with Crippen molar-refractivity contribution >= 4 is 5.69 Å². The molecule has 7 nitrogen and oxygen atoms in total. The van der Waals surface area contributed by atoms with Gasteiger partial charge in [-0.3, -0.25) is 19.7 Å². The number of nitro groups is 1. The summed E-state index contributed by atoms with van der Waals surface area (Å²) in [6, 6.07) is 3.63. The molecular formula is C14H16F2N4O3. The Hall–Kier alpha value is -2.39. The molecule has 1 aromatic heterocycles. The molecule has 2 aromatic rings. The Balaban J connectivity index is 1.87. The topological polar surface area (TPSA) is 84.4 Å². The second-order valence-corrected chi connectivity index (χ2v) is 5.28. The quantitative estimate of drug-likeness (QED) is 0.616. The van der Waals surface area contributed by atoms with Crippen LogP contribution >= 0.6 is 0 Å². The first kappa shape index (κ1) is 17.0. The molecule has 0 aliphatic rings. The molecule has 0 saturated carbocycles. The number of halogens is 2. The van der Waals surface area contributed by atoms with Crippen LogP contribution in [-0.4, -0.2) is 44.4 Å². The number of nitrogens with zero attached hydrogens (tertiary/aromatic N) is 4. The molecule has 0 radical (unpaired) electrons. The zero-order valence-corrected chi connectivity index (χ0v) is 12.4. The van der Waals surface area contributed by atoms with E-state index in [1.807, 2.05) is 0 Å². The van der Waals surface area contributed by atoms with E-state index in [1.165, 1.54) is 16.9 Å². The van der Waals surface area contributed by atoms with Gasteiger partial charge in [-0.15, -0.1) is 0 Å². The molecule has 1 unspecified atom stereocenters. The van der Waals surface area contributed by atoms with Gasteiger partial charge in [-0.05, 0) is 24.7 Å². The lowest BCUT2D eigenvalue weighted by Crippen LogP contribution is -2.31. The van der Waals surface area contributed by atoms with Gasteiger partial charge in [0.25, 0.3) is 0 Å². The van der Waals surface area contributed by atoms with Gasteiger partial charge in [-0.2, -0.15) is 5.10 Å². The zero-order valence-electron chi connectivity index (χ0n) is 12.4. The molecule has 0 aliphatic carbocycles. The fourth-order valence-corrected chi connectivity index (χ4v) is 2.19. The average molecular weight is 326 g/mol. The summed E-state index contributed by atoms with van der Waals surface area (Å²) in [4.78, 5) is 11.7. The van der Waals surface area contributed by atoms with Crippen molar-refractivity contribution in [1.82, 2.24) is 14.7 Å². The van der Waals surface area contributed by atoms with Crippen molar-refractivity contribution < 1.29 is 18.8 Å². The highest BCUT2D eigenvalue weighted by Gasteiger charge is 2.14. The van der Waals surface area contributed by atoms with Gasteiger partial charge in [0.15, 0.2) is 11.6 Å². The molecule has 0 fully saturated rings. The van der Waals surface area contributed by atoms with Gasteiger partial charge < -0.3 is 5.11 Å². The Kier molecular flexibility index (Phi) is 5.35. The van der Waals surface area contributed by atoms with Crippen LogP contribution in [-0.2, 0) is 13.1 Å². The summed E-state index contributed by atoms with van der Waals surface area (Å²) in [5.41, 5.74) is 0.431. The van der Waals surface area contributed by atoms with E-state index in [9.17, 15) is 24.0 Å². The standard InChI is InChI=1S/C14H16F2N4O3/c1-18(6-10-2-3-13(15)14(16)4-10)8-12(21)9-19-7-11(5-17-19)20(22)23/h2-5,7,12,21H,6,8-9H2,1H3. The summed E-state index contributed by atoms with van der Waals surface area (Å²) in [7, 11) is 1.72. The van der Waals surface area contributed by atoms with E-state index < -0.39 is 22.7 Å². The SMILES string of the molecule is CN(Cc1ccc(F)c(F)c1)CC(O)Cn1cc([N+](=O)[O-])cn1. The minimum atomic E-state index is -0.916. The van der Waals surface area contributed by atoms with Crippen LogP contribution in [0.3, 0.4) is 0 Å². The third-order valence-electron chi connectivity index (χ3n) is 3.19. The van der Waals surface area contributed by atoms with Crippen molar-refractivity contribution in [3.8, 4) is 0 Å². The normalized spacial score (nSPS) is 12.6. The van der Waals surface area contributed by atoms with E-state index in [4.69, 9.17) is 0 Å².